The van der Waals surface area contributed by atoms with Crippen LogP contribution in [0.4, 0.5) is 0 Å². The molecule has 0 aromatic heterocycles. The fourth-order valence-electron chi connectivity index (χ4n) is 1.30. The smallest absolute Gasteiger partial charge is 0.178 e. The van der Waals surface area contributed by atoms with Gasteiger partial charge >= 0.3 is 0 Å². The molecule has 2 aromatic carbocycles. The van der Waals surface area contributed by atoms with Crippen LogP contribution in [0.5, 0.6) is 11.5 Å². The highest BCUT2D eigenvalue weighted by molar-refractivity contribution is 6.14. The summed E-state index contributed by atoms with van der Waals surface area (Å²) >= 11 is 0. The Morgan fingerprint density at radius 2 is 0.773 bits per heavy atom. The molecule has 0 aliphatic heterocycles. The SMILES string of the molecule is O=C1C=CC(=O)C=C1.Oc1ccccc1.Oc1ccccc1. The predicted molar refractivity (Wildman–Crippen MR) is 84.5 cm³/mol. The third kappa shape index (κ3) is 8.12. The summed E-state index contributed by atoms with van der Waals surface area (Å²) in [5.41, 5.74) is 0. The zero-order chi connectivity index (χ0) is 16.2. The lowest BCUT2D eigenvalue weighted by molar-refractivity contribution is -0.113. The molecule has 112 valence electrons. The summed E-state index contributed by atoms with van der Waals surface area (Å²) in [6.45, 7) is 0. The maximum atomic E-state index is 10.3. The monoisotopic (exact) mass is 296 g/mol. The lowest BCUT2D eigenvalue weighted by Gasteiger charge is -1.87. The molecule has 2 N–H and O–H groups in total. The first-order chi connectivity index (χ1) is 10.6. The molecule has 0 saturated heterocycles. The molecule has 1 aliphatic rings. The van der Waals surface area contributed by atoms with Crippen molar-refractivity contribution < 1.29 is 19.8 Å². The van der Waals surface area contributed by atoms with Gasteiger partial charge < -0.3 is 10.2 Å². The van der Waals surface area contributed by atoms with Gasteiger partial charge in [-0.1, -0.05) is 36.4 Å². The van der Waals surface area contributed by atoms with Crippen molar-refractivity contribution >= 4 is 11.6 Å². The molecule has 0 atom stereocenters. The molecule has 4 heteroatoms. The van der Waals surface area contributed by atoms with Crippen LogP contribution >= 0.6 is 0 Å². The number of carbonyl (C=O) groups excluding carboxylic acids is 2. The number of para-hydroxylation sites is 2. The van der Waals surface area contributed by atoms with Crippen molar-refractivity contribution in [3.05, 3.63) is 85.0 Å². The minimum absolute atomic E-state index is 0.121. The normalized spacial score (nSPS) is 11.8. The van der Waals surface area contributed by atoms with Gasteiger partial charge in [-0.05, 0) is 48.6 Å². The maximum absolute atomic E-state index is 10.3. The minimum atomic E-state index is -0.121. The molecular formula is C18H16O4. The zero-order valence-electron chi connectivity index (χ0n) is 11.8. The van der Waals surface area contributed by atoms with Crippen molar-refractivity contribution in [1.82, 2.24) is 0 Å². The van der Waals surface area contributed by atoms with Gasteiger partial charge in [0.25, 0.3) is 0 Å². The third-order valence-corrected chi connectivity index (χ3v) is 2.34. The first-order valence-corrected chi connectivity index (χ1v) is 6.50. The van der Waals surface area contributed by atoms with Crippen LogP contribution in [0.25, 0.3) is 0 Å². The lowest BCUT2D eigenvalue weighted by atomic mass is 10.2. The predicted octanol–water partition coefficient (Wildman–Crippen LogP) is 3.04. The molecule has 0 bridgehead atoms. The number of aromatic hydroxyl groups is 2. The summed E-state index contributed by atoms with van der Waals surface area (Å²) in [5, 5.41) is 17.3. The standard InChI is InChI=1S/C6H4O2.2C6H6O/c7-5-1-2-6(8)4-3-5;2*7-6-4-2-1-3-5-6/h1-4H;2*1-5,7H. The van der Waals surface area contributed by atoms with Crippen molar-refractivity contribution in [2.24, 2.45) is 0 Å². The van der Waals surface area contributed by atoms with Gasteiger partial charge in [0.1, 0.15) is 11.5 Å². The Morgan fingerprint density at radius 1 is 0.500 bits per heavy atom. The van der Waals surface area contributed by atoms with Crippen LogP contribution in [0.1, 0.15) is 0 Å². The van der Waals surface area contributed by atoms with Crippen molar-refractivity contribution in [1.29, 1.82) is 0 Å². The Bertz CT molecular complexity index is 568. The van der Waals surface area contributed by atoms with E-state index in [9.17, 15) is 9.59 Å². The highest BCUT2D eigenvalue weighted by Gasteiger charge is 1.97. The van der Waals surface area contributed by atoms with Gasteiger partial charge in [-0.2, -0.15) is 0 Å². The first-order valence-electron chi connectivity index (χ1n) is 6.50. The molecule has 4 nitrogen and oxygen atoms in total. The number of rotatable bonds is 0. The zero-order valence-corrected chi connectivity index (χ0v) is 11.8. The second-order valence-corrected chi connectivity index (χ2v) is 4.14. The third-order valence-electron chi connectivity index (χ3n) is 2.34. The Balaban J connectivity index is 0.000000166. The van der Waals surface area contributed by atoms with Crippen molar-refractivity contribution in [2.45, 2.75) is 0 Å². The summed E-state index contributed by atoms with van der Waals surface area (Å²) in [6, 6.07) is 17.4. The number of ketones is 2. The largest absolute Gasteiger partial charge is 0.508 e. The van der Waals surface area contributed by atoms with E-state index in [2.05, 4.69) is 0 Å². The minimum Gasteiger partial charge on any atom is -0.508 e. The van der Waals surface area contributed by atoms with Crippen molar-refractivity contribution in [2.75, 3.05) is 0 Å². The molecule has 0 fully saturated rings. The number of benzene rings is 2. The Morgan fingerprint density at radius 3 is 0.955 bits per heavy atom. The number of allylic oxidation sites excluding steroid dienone is 4. The first kappa shape index (κ1) is 16.9. The molecule has 1 aliphatic carbocycles. The fourth-order valence-corrected chi connectivity index (χ4v) is 1.30. The number of hydrogen-bond acceptors (Lipinski definition) is 4. The fraction of sp³-hybridized carbons (Fsp3) is 0. The molecular weight excluding hydrogens is 280 g/mol. The number of carbonyl (C=O) groups is 2. The Kier molecular flexibility index (Phi) is 7.47. The molecule has 3 rings (SSSR count). The van der Waals surface area contributed by atoms with Gasteiger partial charge in [0.15, 0.2) is 11.6 Å². The van der Waals surface area contributed by atoms with E-state index in [4.69, 9.17) is 10.2 Å². The van der Waals surface area contributed by atoms with Crippen molar-refractivity contribution in [3.63, 3.8) is 0 Å². The molecule has 0 unspecified atom stereocenters. The topological polar surface area (TPSA) is 74.6 Å². The van der Waals surface area contributed by atoms with Crippen molar-refractivity contribution in [3.8, 4) is 11.5 Å². The summed E-state index contributed by atoms with van der Waals surface area (Å²) in [4.78, 5) is 20.6. The van der Waals surface area contributed by atoms with E-state index in [-0.39, 0.29) is 11.6 Å². The van der Waals surface area contributed by atoms with Gasteiger partial charge in [0.05, 0.1) is 0 Å². The molecule has 0 saturated carbocycles. The van der Waals surface area contributed by atoms with Gasteiger partial charge in [-0.3, -0.25) is 9.59 Å². The Labute approximate surface area is 128 Å². The lowest BCUT2D eigenvalue weighted by Crippen LogP contribution is -1.97. The average Bonchev–Trinajstić information content (AvgIpc) is 2.53. The second-order valence-electron chi connectivity index (χ2n) is 4.14. The van der Waals surface area contributed by atoms with Gasteiger partial charge in [-0.15, -0.1) is 0 Å². The summed E-state index contributed by atoms with van der Waals surface area (Å²) in [5.74, 6) is 0.402. The molecule has 0 heterocycles. The van der Waals surface area contributed by atoms with E-state index in [0.717, 1.165) is 0 Å². The van der Waals surface area contributed by atoms with Crippen LogP contribution in [-0.4, -0.2) is 21.8 Å². The number of hydrogen-bond donors (Lipinski definition) is 2. The average molecular weight is 296 g/mol. The van der Waals surface area contributed by atoms with E-state index < -0.39 is 0 Å². The molecule has 22 heavy (non-hydrogen) atoms. The quantitative estimate of drug-likeness (QED) is 0.733. The number of phenols is 2. The van der Waals surface area contributed by atoms with Crippen LogP contribution in [0.15, 0.2) is 85.0 Å². The van der Waals surface area contributed by atoms with Crippen LogP contribution < -0.4 is 0 Å². The molecule has 2 aromatic rings. The Hall–Kier alpha value is -3.14. The molecule has 0 spiro atoms. The van der Waals surface area contributed by atoms with Gasteiger partial charge in [0, 0.05) is 0 Å². The summed E-state index contributed by atoms with van der Waals surface area (Å²) in [7, 11) is 0. The van der Waals surface area contributed by atoms with E-state index in [1.807, 2.05) is 12.1 Å². The summed E-state index contributed by atoms with van der Waals surface area (Å²) in [6.07, 6.45) is 5.01. The van der Waals surface area contributed by atoms with Crippen LogP contribution in [0.2, 0.25) is 0 Å². The highest BCUT2D eigenvalue weighted by Crippen LogP contribution is 2.03. The molecule has 0 amide bonds. The summed E-state index contributed by atoms with van der Waals surface area (Å²) < 4.78 is 0. The van der Waals surface area contributed by atoms with E-state index >= 15 is 0 Å². The van der Waals surface area contributed by atoms with Crippen LogP contribution in [-0.2, 0) is 9.59 Å². The van der Waals surface area contributed by atoms with E-state index in [1.54, 1.807) is 48.5 Å². The highest BCUT2D eigenvalue weighted by atomic mass is 16.3. The maximum Gasteiger partial charge on any atom is 0.178 e. The molecule has 0 radical (unpaired) electrons. The van der Waals surface area contributed by atoms with Gasteiger partial charge in [0.2, 0.25) is 0 Å². The second kappa shape index (κ2) is 9.72. The van der Waals surface area contributed by atoms with E-state index in [1.165, 1.54) is 24.3 Å². The van der Waals surface area contributed by atoms with Gasteiger partial charge in [-0.25, -0.2) is 0 Å². The van der Waals surface area contributed by atoms with Crippen LogP contribution in [0.3, 0.4) is 0 Å². The van der Waals surface area contributed by atoms with E-state index in [0.29, 0.717) is 11.5 Å². The number of phenolic OH excluding ortho intramolecular Hbond substituents is 2. The van der Waals surface area contributed by atoms with Crippen LogP contribution in [0, 0.1) is 0 Å².